The number of nitro benzene ring substituents is 1. The summed E-state index contributed by atoms with van der Waals surface area (Å²) in [7, 11) is 0. The lowest BCUT2D eigenvalue weighted by atomic mass is 10.1. The summed E-state index contributed by atoms with van der Waals surface area (Å²) in [6.07, 6.45) is 3.53. The van der Waals surface area contributed by atoms with E-state index in [-0.39, 0.29) is 17.6 Å². The Balaban J connectivity index is 1.89. The van der Waals surface area contributed by atoms with Crippen LogP contribution in [0.1, 0.15) is 18.4 Å². The molecule has 20 heavy (non-hydrogen) atoms. The van der Waals surface area contributed by atoms with Gasteiger partial charge in [0, 0.05) is 18.2 Å². The van der Waals surface area contributed by atoms with Crippen LogP contribution in [-0.4, -0.2) is 26.9 Å². The Bertz CT molecular complexity index is 652. The van der Waals surface area contributed by atoms with Crippen molar-refractivity contribution in [2.75, 3.05) is 0 Å². The Morgan fingerprint density at radius 3 is 2.85 bits per heavy atom. The molecule has 0 atom stereocenters. The maximum Gasteiger partial charge on any atom is 0.276 e. The molecule has 1 saturated heterocycles. The van der Waals surface area contributed by atoms with Gasteiger partial charge in [-0.05, 0) is 36.7 Å². The van der Waals surface area contributed by atoms with E-state index in [0.29, 0.717) is 16.4 Å². The zero-order valence-corrected chi connectivity index (χ0v) is 11.2. The van der Waals surface area contributed by atoms with E-state index in [2.05, 4.69) is 5.32 Å². The Hall–Kier alpha value is -2.28. The maximum atomic E-state index is 12.2. The molecule has 2 fully saturated rings. The molecule has 0 spiro atoms. The van der Waals surface area contributed by atoms with E-state index in [1.165, 1.54) is 12.1 Å². The zero-order valence-electron chi connectivity index (χ0n) is 10.4. The van der Waals surface area contributed by atoms with Gasteiger partial charge in [0.05, 0.1) is 4.92 Å². The highest BCUT2D eigenvalue weighted by atomic mass is 32.1. The van der Waals surface area contributed by atoms with Crippen LogP contribution in [0, 0.1) is 10.1 Å². The van der Waals surface area contributed by atoms with Crippen molar-refractivity contribution in [2.24, 2.45) is 0 Å². The summed E-state index contributed by atoms with van der Waals surface area (Å²) in [5.74, 6) is -0.163. The van der Waals surface area contributed by atoms with E-state index in [9.17, 15) is 14.9 Å². The van der Waals surface area contributed by atoms with Gasteiger partial charge in [0.25, 0.3) is 11.6 Å². The largest absolute Gasteiger partial charge is 0.328 e. The molecule has 1 heterocycles. The van der Waals surface area contributed by atoms with Gasteiger partial charge in [0.1, 0.15) is 5.70 Å². The smallest absolute Gasteiger partial charge is 0.276 e. The predicted octanol–water partition coefficient (Wildman–Crippen LogP) is 1.81. The van der Waals surface area contributed by atoms with Crippen LogP contribution in [0.3, 0.4) is 0 Å². The molecule has 1 aromatic carbocycles. The molecule has 2 aliphatic rings. The van der Waals surface area contributed by atoms with E-state index in [0.717, 1.165) is 12.8 Å². The molecule has 1 saturated carbocycles. The number of thiocarbonyl (C=S) groups is 1. The summed E-state index contributed by atoms with van der Waals surface area (Å²) in [6.45, 7) is 0. The van der Waals surface area contributed by atoms with Crippen LogP contribution in [-0.2, 0) is 4.79 Å². The monoisotopic (exact) mass is 289 g/mol. The van der Waals surface area contributed by atoms with Gasteiger partial charge in [0.15, 0.2) is 5.11 Å². The molecule has 1 N–H and O–H groups in total. The summed E-state index contributed by atoms with van der Waals surface area (Å²) in [6, 6.07) is 6.33. The standard InChI is InChI=1S/C13H11N3O3S/c17-12-11(14-13(20)15(12)9-4-5-9)7-8-2-1-3-10(6-8)16(18)19/h1-3,6-7,9H,4-5H2,(H,14,20)/b11-7+. The van der Waals surface area contributed by atoms with Crippen molar-refractivity contribution in [2.45, 2.75) is 18.9 Å². The quantitative estimate of drug-likeness (QED) is 0.397. The third-order valence-corrected chi connectivity index (χ3v) is 3.51. The molecule has 7 heteroatoms. The number of amides is 1. The fourth-order valence-electron chi connectivity index (χ4n) is 2.11. The molecule has 0 bridgehead atoms. The summed E-state index contributed by atoms with van der Waals surface area (Å²) in [5, 5.41) is 14.0. The molecule has 3 rings (SSSR count). The van der Waals surface area contributed by atoms with Crippen molar-refractivity contribution in [1.82, 2.24) is 10.2 Å². The summed E-state index contributed by atoms with van der Waals surface area (Å²) in [4.78, 5) is 24.0. The Morgan fingerprint density at radius 2 is 2.20 bits per heavy atom. The van der Waals surface area contributed by atoms with Crippen LogP contribution in [0.15, 0.2) is 30.0 Å². The van der Waals surface area contributed by atoms with E-state index in [1.54, 1.807) is 23.1 Å². The highest BCUT2D eigenvalue weighted by Gasteiger charge is 2.41. The molecule has 102 valence electrons. The van der Waals surface area contributed by atoms with Crippen LogP contribution in [0.5, 0.6) is 0 Å². The minimum absolute atomic E-state index is 0.00794. The highest BCUT2D eigenvalue weighted by molar-refractivity contribution is 7.80. The van der Waals surface area contributed by atoms with Crippen molar-refractivity contribution < 1.29 is 9.72 Å². The first-order valence-corrected chi connectivity index (χ1v) is 6.58. The molecule has 6 nitrogen and oxygen atoms in total. The molecule has 0 aromatic heterocycles. The molecule has 1 amide bonds. The van der Waals surface area contributed by atoms with E-state index < -0.39 is 4.92 Å². The number of carbonyl (C=O) groups is 1. The van der Waals surface area contributed by atoms with E-state index >= 15 is 0 Å². The van der Waals surface area contributed by atoms with E-state index in [1.807, 2.05) is 0 Å². The van der Waals surface area contributed by atoms with Gasteiger partial charge in [-0.2, -0.15) is 0 Å². The lowest BCUT2D eigenvalue weighted by Gasteiger charge is -2.11. The number of nitrogens with one attached hydrogen (secondary N) is 1. The van der Waals surface area contributed by atoms with Crippen molar-refractivity contribution in [3.05, 3.63) is 45.6 Å². The van der Waals surface area contributed by atoms with Crippen molar-refractivity contribution in [3.63, 3.8) is 0 Å². The van der Waals surface area contributed by atoms with E-state index in [4.69, 9.17) is 12.2 Å². The Labute approximate surface area is 120 Å². The maximum absolute atomic E-state index is 12.2. The van der Waals surface area contributed by atoms with Crippen LogP contribution in [0.25, 0.3) is 6.08 Å². The summed E-state index contributed by atoms with van der Waals surface area (Å²) < 4.78 is 0. The van der Waals surface area contributed by atoms with Crippen LogP contribution >= 0.6 is 12.2 Å². The third kappa shape index (κ3) is 2.27. The number of hydrogen-bond donors (Lipinski definition) is 1. The van der Waals surface area contributed by atoms with Gasteiger partial charge in [-0.1, -0.05) is 12.1 Å². The SMILES string of the molecule is O=C1/C(=C\c2cccc([N+](=O)[O-])c2)NC(=S)N1C1CC1. The number of rotatable bonds is 3. The lowest BCUT2D eigenvalue weighted by Crippen LogP contribution is -2.32. The van der Waals surface area contributed by atoms with Gasteiger partial charge in [-0.15, -0.1) is 0 Å². The predicted molar refractivity (Wildman–Crippen MR) is 76.7 cm³/mol. The molecule has 1 aliphatic heterocycles. The zero-order chi connectivity index (χ0) is 14.3. The molecule has 0 radical (unpaired) electrons. The van der Waals surface area contributed by atoms with Crippen LogP contribution in [0.2, 0.25) is 0 Å². The first-order chi connectivity index (χ1) is 9.56. The fraction of sp³-hybridized carbons (Fsp3) is 0.231. The lowest BCUT2D eigenvalue weighted by molar-refractivity contribution is -0.384. The van der Waals surface area contributed by atoms with Crippen LogP contribution < -0.4 is 5.32 Å². The number of hydrogen-bond acceptors (Lipinski definition) is 4. The molecular weight excluding hydrogens is 278 g/mol. The second-order valence-corrected chi connectivity index (χ2v) is 5.13. The Kier molecular flexibility index (Phi) is 2.98. The first-order valence-electron chi connectivity index (χ1n) is 6.17. The minimum Gasteiger partial charge on any atom is -0.328 e. The van der Waals surface area contributed by atoms with Gasteiger partial charge in [0.2, 0.25) is 0 Å². The minimum atomic E-state index is -0.465. The fourth-order valence-corrected chi connectivity index (χ4v) is 2.45. The topological polar surface area (TPSA) is 75.5 Å². The van der Waals surface area contributed by atoms with Gasteiger partial charge >= 0.3 is 0 Å². The van der Waals surface area contributed by atoms with Crippen molar-refractivity contribution >= 4 is 35.0 Å². The number of nitrogens with zero attached hydrogens (tertiary/aromatic N) is 2. The average Bonchev–Trinajstić information content (AvgIpc) is 3.19. The number of benzene rings is 1. The highest BCUT2D eigenvalue weighted by Crippen LogP contribution is 2.31. The van der Waals surface area contributed by atoms with Crippen molar-refractivity contribution in [1.29, 1.82) is 0 Å². The Morgan fingerprint density at radius 1 is 1.45 bits per heavy atom. The summed E-state index contributed by atoms with van der Waals surface area (Å²) in [5.41, 5.74) is 0.948. The number of nitro groups is 1. The first kappa shape index (κ1) is 12.7. The van der Waals surface area contributed by atoms with Crippen molar-refractivity contribution in [3.8, 4) is 0 Å². The van der Waals surface area contributed by atoms with Gasteiger partial charge < -0.3 is 5.32 Å². The normalized spacial score (nSPS) is 20.4. The van der Waals surface area contributed by atoms with Gasteiger partial charge in [-0.25, -0.2) is 0 Å². The number of non-ortho nitro benzene ring substituents is 1. The molecular formula is C13H11N3O3S. The second-order valence-electron chi connectivity index (χ2n) is 4.75. The second kappa shape index (κ2) is 4.68. The molecule has 1 aromatic rings. The molecule has 1 aliphatic carbocycles. The number of carbonyl (C=O) groups excluding carboxylic acids is 1. The van der Waals surface area contributed by atoms with Gasteiger partial charge in [-0.3, -0.25) is 19.8 Å². The van der Waals surface area contributed by atoms with Crippen LogP contribution in [0.4, 0.5) is 5.69 Å². The third-order valence-electron chi connectivity index (χ3n) is 3.21. The average molecular weight is 289 g/mol. The summed E-state index contributed by atoms with van der Waals surface area (Å²) >= 11 is 5.14. The molecule has 0 unspecified atom stereocenters.